The fourth-order valence-corrected chi connectivity index (χ4v) is 4.45. The number of nitro benzene ring substituents is 1. The molecule has 4 rings (SSSR count). The van der Waals surface area contributed by atoms with Crippen molar-refractivity contribution >= 4 is 34.3 Å². The molecule has 0 saturated carbocycles. The van der Waals surface area contributed by atoms with Gasteiger partial charge in [0.25, 0.3) is 11.6 Å². The van der Waals surface area contributed by atoms with Crippen molar-refractivity contribution in [3.8, 4) is 11.3 Å². The van der Waals surface area contributed by atoms with Crippen molar-refractivity contribution in [2.75, 3.05) is 11.4 Å². The highest BCUT2D eigenvalue weighted by molar-refractivity contribution is 7.07. The number of nitro groups is 1. The Balaban J connectivity index is 1.94. The smallest absolute Gasteiger partial charge is 0.279 e. The Morgan fingerprint density at radius 3 is 2.67 bits per heavy atom. The van der Waals surface area contributed by atoms with Gasteiger partial charge in [0, 0.05) is 34.7 Å². The lowest BCUT2D eigenvalue weighted by Crippen LogP contribution is -2.36. The van der Waals surface area contributed by atoms with Crippen molar-refractivity contribution in [3.05, 3.63) is 86.5 Å². The lowest BCUT2D eigenvalue weighted by atomic mass is 10.1. The molecule has 1 aromatic heterocycles. The highest BCUT2D eigenvalue weighted by Gasteiger charge is 2.35. The SMILES string of the molecule is C=C(C)CN=c1scc(-c2cccc([N+](=O)[O-])c2)n1N=C1C(=O)N(C(C)C)c2ccccc21. The Kier molecular flexibility index (Phi) is 6.06. The number of thiazole rings is 1. The Morgan fingerprint density at radius 1 is 1.21 bits per heavy atom. The highest BCUT2D eigenvalue weighted by atomic mass is 32.1. The third-order valence-corrected chi connectivity index (χ3v) is 5.93. The van der Waals surface area contributed by atoms with Crippen molar-refractivity contribution in [2.24, 2.45) is 10.1 Å². The summed E-state index contributed by atoms with van der Waals surface area (Å²) in [5, 5.41) is 17.9. The van der Waals surface area contributed by atoms with E-state index in [1.165, 1.54) is 23.5 Å². The maximum Gasteiger partial charge on any atom is 0.279 e. The molecule has 0 atom stereocenters. The number of carbonyl (C=O) groups excluding carboxylic acids is 1. The Hall–Kier alpha value is -3.85. The second-order valence-electron chi connectivity index (χ2n) is 8.03. The average molecular weight is 462 g/mol. The van der Waals surface area contributed by atoms with Gasteiger partial charge in [-0.2, -0.15) is 5.10 Å². The number of hydrogen-bond acceptors (Lipinski definition) is 6. The molecule has 0 saturated heterocycles. The monoisotopic (exact) mass is 461 g/mol. The number of aromatic nitrogens is 1. The summed E-state index contributed by atoms with van der Waals surface area (Å²) in [6, 6.07) is 13.8. The molecule has 0 spiro atoms. The fraction of sp³-hybridized carbons (Fsp3) is 0.208. The molecule has 2 aromatic carbocycles. The van der Waals surface area contributed by atoms with Gasteiger partial charge in [-0.05, 0) is 26.8 Å². The van der Waals surface area contributed by atoms with Gasteiger partial charge in [-0.3, -0.25) is 19.9 Å². The summed E-state index contributed by atoms with van der Waals surface area (Å²) in [5.41, 5.74) is 3.95. The Labute approximate surface area is 195 Å². The predicted molar refractivity (Wildman–Crippen MR) is 131 cm³/mol. The third-order valence-electron chi connectivity index (χ3n) is 5.08. The van der Waals surface area contributed by atoms with Crippen LogP contribution in [0.4, 0.5) is 11.4 Å². The van der Waals surface area contributed by atoms with E-state index in [9.17, 15) is 14.9 Å². The van der Waals surface area contributed by atoms with Gasteiger partial charge in [-0.1, -0.05) is 42.5 Å². The number of non-ortho nitro benzene ring substituents is 1. The number of benzene rings is 2. The molecule has 2 heterocycles. The van der Waals surface area contributed by atoms with E-state index in [2.05, 4.69) is 11.6 Å². The van der Waals surface area contributed by atoms with Gasteiger partial charge in [0.05, 0.1) is 22.8 Å². The first-order valence-electron chi connectivity index (χ1n) is 10.4. The number of fused-ring (bicyclic) bond motifs is 1. The van der Waals surface area contributed by atoms with Crippen molar-refractivity contribution < 1.29 is 9.72 Å². The first-order valence-corrected chi connectivity index (χ1v) is 11.3. The standard InChI is InChI=1S/C24H23N5O3S/c1-15(2)13-25-24-28(21(14-33-24)17-8-7-9-18(12-17)29(31)32)26-22-19-10-5-6-11-20(19)27(16(3)4)23(22)30/h5-12,14,16H,1,13H2,2-4H3. The zero-order valence-electron chi connectivity index (χ0n) is 18.6. The molecule has 1 aliphatic rings. The van der Waals surface area contributed by atoms with Crippen molar-refractivity contribution in [2.45, 2.75) is 26.8 Å². The molecule has 0 unspecified atom stereocenters. The molecule has 0 bridgehead atoms. The maximum absolute atomic E-state index is 13.3. The number of amides is 1. The number of nitrogens with zero attached hydrogens (tertiary/aromatic N) is 5. The van der Waals surface area contributed by atoms with Gasteiger partial charge in [-0.15, -0.1) is 11.3 Å². The topological polar surface area (TPSA) is 93.1 Å². The van der Waals surface area contributed by atoms with Gasteiger partial charge >= 0.3 is 0 Å². The second kappa shape index (κ2) is 8.95. The lowest BCUT2D eigenvalue weighted by Gasteiger charge is -2.20. The van der Waals surface area contributed by atoms with Crippen LogP contribution in [0.5, 0.6) is 0 Å². The number of rotatable bonds is 6. The highest BCUT2D eigenvalue weighted by Crippen LogP contribution is 2.32. The van der Waals surface area contributed by atoms with Crippen LogP contribution in [0.1, 0.15) is 26.3 Å². The fourth-order valence-electron chi connectivity index (χ4n) is 3.62. The molecular formula is C24H23N5O3S. The molecule has 3 aromatic rings. The van der Waals surface area contributed by atoms with Crippen LogP contribution in [-0.2, 0) is 4.79 Å². The summed E-state index contributed by atoms with van der Waals surface area (Å²) in [6.07, 6.45) is 0. The summed E-state index contributed by atoms with van der Waals surface area (Å²) < 4.78 is 1.60. The number of carbonyl (C=O) groups is 1. The van der Waals surface area contributed by atoms with Crippen molar-refractivity contribution in [3.63, 3.8) is 0 Å². The lowest BCUT2D eigenvalue weighted by molar-refractivity contribution is -0.384. The predicted octanol–water partition coefficient (Wildman–Crippen LogP) is 4.61. The van der Waals surface area contributed by atoms with Gasteiger partial charge < -0.3 is 4.90 Å². The summed E-state index contributed by atoms with van der Waals surface area (Å²) in [5.74, 6) is -0.194. The van der Waals surface area contributed by atoms with Crippen LogP contribution in [0.3, 0.4) is 0 Å². The van der Waals surface area contributed by atoms with E-state index in [1.807, 2.05) is 50.4 Å². The quantitative estimate of drug-likeness (QED) is 0.305. The zero-order chi connectivity index (χ0) is 23.7. The van der Waals surface area contributed by atoms with Crippen LogP contribution in [0, 0.1) is 10.1 Å². The molecular weight excluding hydrogens is 438 g/mol. The summed E-state index contributed by atoms with van der Waals surface area (Å²) in [4.78, 5) is 31.1. The van der Waals surface area contributed by atoms with Crippen molar-refractivity contribution in [1.29, 1.82) is 0 Å². The molecule has 0 N–H and O–H groups in total. The Bertz CT molecular complexity index is 1370. The number of anilines is 1. The number of para-hydroxylation sites is 1. The summed E-state index contributed by atoms with van der Waals surface area (Å²) in [7, 11) is 0. The minimum Gasteiger partial charge on any atom is -0.304 e. The summed E-state index contributed by atoms with van der Waals surface area (Å²) in [6.45, 7) is 10.1. The molecule has 1 aliphatic heterocycles. The zero-order valence-corrected chi connectivity index (χ0v) is 19.4. The van der Waals surface area contributed by atoms with Crippen LogP contribution in [0.15, 0.2) is 76.2 Å². The minimum absolute atomic E-state index is 0.0217. The molecule has 8 nitrogen and oxygen atoms in total. The van der Waals surface area contributed by atoms with Crippen LogP contribution in [-0.4, -0.2) is 33.8 Å². The molecule has 0 fully saturated rings. The normalized spacial score (nSPS) is 14.9. The third kappa shape index (κ3) is 4.27. The largest absolute Gasteiger partial charge is 0.304 e. The van der Waals surface area contributed by atoms with Crippen LogP contribution in [0.25, 0.3) is 11.3 Å². The van der Waals surface area contributed by atoms with Crippen LogP contribution >= 0.6 is 11.3 Å². The van der Waals surface area contributed by atoms with Gasteiger partial charge in [0.2, 0.25) is 4.80 Å². The molecule has 1 amide bonds. The molecule has 0 radical (unpaired) electrons. The van der Waals surface area contributed by atoms with Gasteiger partial charge in [0.1, 0.15) is 0 Å². The first kappa shape index (κ1) is 22.3. The van der Waals surface area contributed by atoms with E-state index in [4.69, 9.17) is 5.10 Å². The van der Waals surface area contributed by atoms with Gasteiger partial charge in [0.15, 0.2) is 5.71 Å². The summed E-state index contributed by atoms with van der Waals surface area (Å²) >= 11 is 1.35. The van der Waals surface area contributed by atoms with E-state index >= 15 is 0 Å². The molecule has 168 valence electrons. The first-order chi connectivity index (χ1) is 15.8. The average Bonchev–Trinajstić information content (AvgIpc) is 3.31. The molecule has 33 heavy (non-hydrogen) atoms. The number of hydrogen-bond donors (Lipinski definition) is 0. The molecule has 9 heteroatoms. The van der Waals surface area contributed by atoms with Crippen LogP contribution in [0.2, 0.25) is 0 Å². The van der Waals surface area contributed by atoms with Gasteiger partial charge in [-0.25, -0.2) is 4.68 Å². The van der Waals surface area contributed by atoms with E-state index in [1.54, 1.807) is 21.7 Å². The van der Waals surface area contributed by atoms with Crippen LogP contribution < -0.4 is 9.70 Å². The minimum atomic E-state index is -0.435. The molecule has 0 aliphatic carbocycles. The second-order valence-corrected chi connectivity index (χ2v) is 8.87. The van der Waals surface area contributed by atoms with E-state index in [0.29, 0.717) is 28.3 Å². The maximum atomic E-state index is 13.3. The van der Waals surface area contributed by atoms with E-state index in [0.717, 1.165) is 16.8 Å². The van der Waals surface area contributed by atoms with Crippen molar-refractivity contribution in [1.82, 2.24) is 4.68 Å². The Morgan fingerprint density at radius 2 is 1.97 bits per heavy atom. The van der Waals surface area contributed by atoms with E-state index < -0.39 is 4.92 Å². The van der Waals surface area contributed by atoms with E-state index in [-0.39, 0.29) is 17.6 Å².